The van der Waals surface area contributed by atoms with Gasteiger partial charge in [-0.25, -0.2) is 4.79 Å². The average Bonchev–Trinajstić information content (AvgIpc) is 2.59. The van der Waals surface area contributed by atoms with Gasteiger partial charge < -0.3 is 19.9 Å². The zero-order chi connectivity index (χ0) is 17.1. The third-order valence-corrected chi connectivity index (χ3v) is 3.69. The van der Waals surface area contributed by atoms with E-state index in [9.17, 15) is 9.59 Å². The molecule has 3 rings (SSSR count). The van der Waals surface area contributed by atoms with E-state index in [-0.39, 0.29) is 6.61 Å². The van der Waals surface area contributed by atoms with Crippen LogP contribution in [0.1, 0.15) is 22.8 Å². The largest absolute Gasteiger partial charge is 0.482 e. The molecule has 6 nitrogen and oxygen atoms in total. The molecule has 0 fully saturated rings. The highest BCUT2D eigenvalue weighted by atomic mass is 16.6. The third-order valence-electron chi connectivity index (χ3n) is 3.69. The van der Waals surface area contributed by atoms with Gasteiger partial charge in [0.1, 0.15) is 12.7 Å². The van der Waals surface area contributed by atoms with Gasteiger partial charge >= 0.3 is 5.97 Å². The van der Waals surface area contributed by atoms with Crippen molar-refractivity contribution < 1.29 is 23.8 Å². The molecule has 2 aromatic rings. The number of para-hydroxylation sites is 2. The van der Waals surface area contributed by atoms with E-state index in [0.717, 1.165) is 5.56 Å². The maximum Gasteiger partial charge on any atom is 0.351 e. The molecule has 0 aromatic heterocycles. The van der Waals surface area contributed by atoms with Crippen molar-refractivity contribution in [3.05, 3.63) is 59.7 Å². The van der Waals surface area contributed by atoms with E-state index >= 15 is 0 Å². The van der Waals surface area contributed by atoms with Crippen LogP contribution >= 0.6 is 0 Å². The molecule has 2 atom stereocenters. The van der Waals surface area contributed by atoms with Gasteiger partial charge in [-0.05, 0) is 36.8 Å². The summed E-state index contributed by atoms with van der Waals surface area (Å²) in [6.45, 7) is 1.83. The minimum absolute atomic E-state index is 0.0755. The minimum Gasteiger partial charge on any atom is -0.482 e. The highest BCUT2D eigenvalue weighted by Gasteiger charge is 2.35. The number of esters is 1. The molecular weight excluding hydrogens is 310 g/mol. The maximum atomic E-state index is 12.3. The van der Waals surface area contributed by atoms with Crippen molar-refractivity contribution in [3.63, 3.8) is 0 Å². The molecule has 0 saturated carbocycles. The Labute approximate surface area is 139 Å². The fourth-order valence-corrected chi connectivity index (χ4v) is 2.38. The summed E-state index contributed by atoms with van der Waals surface area (Å²) in [7, 11) is 0. The molecule has 1 amide bonds. The molecule has 1 aliphatic rings. The average molecular weight is 327 g/mol. The zero-order valence-electron chi connectivity index (χ0n) is 13.1. The van der Waals surface area contributed by atoms with E-state index in [4.69, 9.17) is 19.9 Å². The number of hydrogen-bond acceptors (Lipinski definition) is 5. The molecule has 0 saturated heterocycles. The van der Waals surface area contributed by atoms with Crippen LogP contribution in [0.5, 0.6) is 11.5 Å². The van der Waals surface area contributed by atoms with E-state index in [0.29, 0.717) is 17.1 Å². The Morgan fingerprint density at radius 2 is 1.67 bits per heavy atom. The number of ether oxygens (including phenoxy) is 3. The normalized spacial score (nSPS) is 18.7. The predicted octanol–water partition coefficient (Wildman–Crippen LogP) is 2.06. The van der Waals surface area contributed by atoms with E-state index < -0.39 is 24.1 Å². The van der Waals surface area contributed by atoms with Gasteiger partial charge in [0.25, 0.3) is 0 Å². The standard InChI is InChI=1S/C18H17NO5/c1-11-16(24-15-5-3-2-4-14(15)23-11)18(21)22-10-12-6-8-13(9-7-12)17(19)20/h2-9,11,16H,10H2,1H3,(H2,19,20)/t11-,16+/m1/s1. The number of carbonyl (C=O) groups is 2. The fraction of sp³-hybridized carbons (Fsp3) is 0.222. The van der Waals surface area contributed by atoms with Gasteiger partial charge in [-0.2, -0.15) is 0 Å². The molecule has 2 aromatic carbocycles. The molecule has 0 radical (unpaired) electrons. The van der Waals surface area contributed by atoms with Crippen LogP contribution in [-0.4, -0.2) is 24.1 Å². The summed E-state index contributed by atoms with van der Waals surface area (Å²) >= 11 is 0. The minimum atomic E-state index is -0.829. The lowest BCUT2D eigenvalue weighted by atomic mass is 10.1. The number of fused-ring (bicyclic) bond motifs is 1. The summed E-state index contributed by atoms with van der Waals surface area (Å²) in [6.07, 6.45) is -1.28. The first-order chi connectivity index (χ1) is 11.5. The van der Waals surface area contributed by atoms with Crippen LogP contribution in [0.2, 0.25) is 0 Å². The first-order valence-corrected chi connectivity index (χ1v) is 7.52. The maximum absolute atomic E-state index is 12.3. The van der Waals surface area contributed by atoms with E-state index in [1.165, 1.54) is 0 Å². The van der Waals surface area contributed by atoms with Crippen LogP contribution in [0.25, 0.3) is 0 Å². The molecular formula is C18H17NO5. The van der Waals surface area contributed by atoms with Crippen molar-refractivity contribution in [2.45, 2.75) is 25.7 Å². The fourth-order valence-electron chi connectivity index (χ4n) is 2.38. The van der Waals surface area contributed by atoms with Gasteiger partial charge in [-0.1, -0.05) is 24.3 Å². The highest BCUT2D eigenvalue weighted by Crippen LogP contribution is 2.33. The third kappa shape index (κ3) is 3.32. The summed E-state index contributed by atoms with van der Waals surface area (Å²) in [5.74, 6) is 0.120. The van der Waals surface area contributed by atoms with Crippen LogP contribution in [-0.2, 0) is 16.1 Å². The summed E-state index contributed by atoms with van der Waals surface area (Å²) in [4.78, 5) is 23.3. The first-order valence-electron chi connectivity index (χ1n) is 7.52. The van der Waals surface area contributed by atoms with Gasteiger partial charge in [0.2, 0.25) is 12.0 Å². The van der Waals surface area contributed by atoms with Crippen molar-refractivity contribution in [3.8, 4) is 11.5 Å². The number of amides is 1. The van der Waals surface area contributed by atoms with Crippen LogP contribution in [0.15, 0.2) is 48.5 Å². The number of benzene rings is 2. The second-order valence-electron chi connectivity index (χ2n) is 5.48. The Kier molecular flexibility index (Phi) is 4.37. The van der Waals surface area contributed by atoms with E-state index in [1.807, 2.05) is 6.07 Å². The molecule has 0 aliphatic carbocycles. The molecule has 0 bridgehead atoms. The predicted molar refractivity (Wildman–Crippen MR) is 85.7 cm³/mol. The zero-order valence-corrected chi connectivity index (χ0v) is 13.1. The molecule has 24 heavy (non-hydrogen) atoms. The van der Waals surface area contributed by atoms with Crippen LogP contribution in [0, 0.1) is 0 Å². The quantitative estimate of drug-likeness (QED) is 0.869. The number of primary amides is 1. The summed E-state index contributed by atoms with van der Waals surface area (Å²) < 4.78 is 16.7. The molecule has 124 valence electrons. The topological polar surface area (TPSA) is 87.8 Å². The number of nitrogens with two attached hydrogens (primary N) is 1. The lowest BCUT2D eigenvalue weighted by Gasteiger charge is -2.30. The van der Waals surface area contributed by atoms with Crippen LogP contribution in [0.3, 0.4) is 0 Å². The Hall–Kier alpha value is -3.02. The molecule has 1 heterocycles. The Morgan fingerprint density at radius 3 is 2.29 bits per heavy atom. The summed E-state index contributed by atoms with van der Waals surface area (Å²) in [6, 6.07) is 13.7. The van der Waals surface area contributed by atoms with Crippen molar-refractivity contribution in [2.24, 2.45) is 5.73 Å². The monoisotopic (exact) mass is 327 g/mol. The van der Waals surface area contributed by atoms with E-state index in [2.05, 4.69) is 0 Å². The van der Waals surface area contributed by atoms with Crippen molar-refractivity contribution >= 4 is 11.9 Å². The second-order valence-corrected chi connectivity index (χ2v) is 5.48. The van der Waals surface area contributed by atoms with Crippen LogP contribution < -0.4 is 15.2 Å². The van der Waals surface area contributed by atoms with Crippen molar-refractivity contribution in [1.29, 1.82) is 0 Å². The summed E-state index contributed by atoms with van der Waals surface area (Å²) in [5.41, 5.74) is 6.33. The SMILES string of the molecule is C[C@H]1Oc2ccccc2O[C@@H]1C(=O)OCc1ccc(C(N)=O)cc1. The first kappa shape index (κ1) is 15.9. The molecule has 6 heteroatoms. The van der Waals surface area contributed by atoms with Crippen LogP contribution in [0.4, 0.5) is 0 Å². The van der Waals surface area contributed by atoms with Gasteiger partial charge in [-0.15, -0.1) is 0 Å². The molecule has 2 N–H and O–H groups in total. The lowest BCUT2D eigenvalue weighted by Crippen LogP contribution is -2.44. The van der Waals surface area contributed by atoms with Gasteiger partial charge in [-0.3, -0.25) is 4.79 Å². The second kappa shape index (κ2) is 6.62. The molecule has 0 unspecified atom stereocenters. The number of carbonyl (C=O) groups excluding carboxylic acids is 2. The smallest absolute Gasteiger partial charge is 0.351 e. The van der Waals surface area contributed by atoms with Gasteiger partial charge in [0, 0.05) is 5.56 Å². The molecule has 1 aliphatic heterocycles. The van der Waals surface area contributed by atoms with Gasteiger partial charge in [0.05, 0.1) is 0 Å². The molecule has 0 spiro atoms. The number of hydrogen-bond donors (Lipinski definition) is 1. The summed E-state index contributed by atoms with van der Waals surface area (Å²) in [5, 5.41) is 0. The highest BCUT2D eigenvalue weighted by molar-refractivity contribution is 5.92. The Morgan fingerprint density at radius 1 is 1.04 bits per heavy atom. The van der Waals surface area contributed by atoms with Gasteiger partial charge in [0.15, 0.2) is 11.5 Å². The lowest BCUT2D eigenvalue weighted by molar-refractivity contribution is -0.159. The van der Waals surface area contributed by atoms with Crippen molar-refractivity contribution in [2.75, 3.05) is 0 Å². The Balaban J connectivity index is 1.62. The van der Waals surface area contributed by atoms with E-state index in [1.54, 1.807) is 49.4 Å². The number of rotatable bonds is 4. The van der Waals surface area contributed by atoms with Crippen molar-refractivity contribution in [1.82, 2.24) is 0 Å². The Bertz CT molecular complexity index is 756.